The molecule has 0 aliphatic carbocycles. The first kappa shape index (κ1) is 11.4. The molecule has 0 saturated carbocycles. The Balaban J connectivity index is 2.89. The van der Waals surface area contributed by atoms with Crippen molar-refractivity contribution < 1.29 is 15.1 Å². The molecule has 8 heteroatoms. The van der Waals surface area contributed by atoms with E-state index in [0.717, 1.165) is 0 Å². The van der Waals surface area contributed by atoms with Gasteiger partial charge in [-0.3, -0.25) is 0 Å². The van der Waals surface area contributed by atoms with E-state index in [1.54, 1.807) is 0 Å². The summed E-state index contributed by atoms with van der Waals surface area (Å²) in [5, 5.41) is 33.9. The van der Waals surface area contributed by atoms with Crippen molar-refractivity contribution in [1.82, 2.24) is 10.2 Å². The van der Waals surface area contributed by atoms with Gasteiger partial charge < -0.3 is 25.2 Å². The number of aliphatic hydroxyl groups excluding tert-OH is 2. The molecule has 0 amide bonds. The minimum absolute atomic E-state index is 0.150. The van der Waals surface area contributed by atoms with Gasteiger partial charge in [-0.25, -0.2) is 0 Å². The van der Waals surface area contributed by atoms with Gasteiger partial charge in [-0.2, -0.15) is 0 Å². The van der Waals surface area contributed by atoms with E-state index in [0.29, 0.717) is 0 Å². The highest BCUT2D eigenvalue weighted by molar-refractivity contribution is 5.57. The number of nitrogens with one attached hydrogen (secondary N) is 1. The summed E-state index contributed by atoms with van der Waals surface area (Å²) in [7, 11) is 0. The topological polar surface area (TPSA) is 116 Å². The van der Waals surface area contributed by atoms with E-state index >= 15 is 0 Å². The lowest BCUT2D eigenvalue weighted by Gasteiger charge is -2.19. The third-order valence-electron chi connectivity index (χ3n) is 1.86. The van der Waals surface area contributed by atoms with Crippen LogP contribution in [-0.4, -0.2) is 51.6 Å². The predicted molar refractivity (Wildman–Crippen MR) is 51.6 cm³/mol. The Morgan fingerprint density at radius 3 is 2.53 bits per heavy atom. The number of hydrogen-bond acceptors (Lipinski definition) is 6. The van der Waals surface area contributed by atoms with Crippen molar-refractivity contribution >= 4 is 11.5 Å². The zero-order valence-corrected chi connectivity index (χ0v) is 7.96. The first-order valence-corrected chi connectivity index (χ1v) is 4.35. The highest BCUT2D eigenvalue weighted by Crippen LogP contribution is 2.24. The van der Waals surface area contributed by atoms with Gasteiger partial charge >= 0.3 is 5.82 Å². The fourth-order valence-electron chi connectivity index (χ4n) is 1.23. The third-order valence-corrected chi connectivity index (χ3v) is 1.86. The number of hydrogen-bond donors (Lipinski definition) is 3. The van der Waals surface area contributed by atoms with E-state index in [2.05, 4.69) is 10.2 Å². The molecule has 0 spiro atoms. The Labute approximate surface area is 85.3 Å². The molecule has 0 radical (unpaired) electrons. The van der Waals surface area contributed by atoms with Crippen LogP contribution in [0.15, 0.2) is 6.20 Å². The molecule has 1 rings (SSSR count). The molecule has 3 N–H and O–H groups in total. The molecule has 0 bridgehead atoms. The maximum Gasteiger partial charge on any atom is 0.366 e. The summed E-state index contributed by atoms with van der Waals surface area (Å²) in [4.78, 5) is 11.5. The molecule has 0 aliphatic rings. The summed E-state index contributed by atoms with van der Waals surface area (Å²) in [6.45, 7) is 0.118. The van der Waals surface area contributed by atoms with E-state index < -0.39 is 4.92 Å². The summed E-state index contributed by atoms with van der Waals surface area (Å²) in [5.41, 5.74) is 0.267. The van der Waals surface area contributed by atoms with Crippen molar-refractivity contribution in [2.75, 3.05) is 31.2 Å². The van der Waals surface area contributed by atoms with Gasteiger partial charge in [-0.05, 0) is 4.92 Å². The van der Waals surface area contributed by atoms with Crippen LogP contribution in [0.25, 0.3) is 0 Å². The molecule has 0 aromatic carbocycles. The number of nitro groups is 1. The van der Waals surface area contributed by atoms with Crippen molar-refractivity contribution in [2.24, 2.45) is 0 Å². The van der Waals surface area contributed by atoms with E-state index in [1.165, 1.54) is 11.1 Å². The molecule has 15 heavy (non-hydrogen) atoms. The lowest BCUT2D eigenvalue weighted by atomic mass is 10.4. The zero-order valence-electron chi connectivity index (χ0n) is 7.96. The Bertz CT molecular complexity index is 321. The number of anilines is 1. The largest absolute Gasteiger partial charge is 0.395 e. The predicted octanol–water partition coefficient (Wildman–Crippen LogP) is -0.891. The fourth-order valence-corrected chi connectivity index (χ4v) is 1.23. The van der Waals surface area contributed by atoms with Gasteiger partial charge in [0.15, 0.2) is 5.69 Å². The van der Waals surface area contributed by atoms with E-state index in [4.69, 9.17) is 10.2 Å². The van der Waals surface area contributed by atoms with Crippen LogP contribution in [0.1, 0.15) is 0 Å². The average molecular weight is 216 g/mol. The molecule has 0 atom stereocenters. The van der Waals surface area contributed by atoms with Crippen LogP contribution >= 0.6 is 0 Å². The van der Waals surface area contributed by atoms with Gasteiger partial charge in [0.25, 0.3) is 0 Å². The van der Waals surface area contributed by atoms with Gasteiger partial charge in [0.05, 0.1) is 13.2 Å². The summed E-state index contributed by atoms with van der Waals surface area (Å²) >= 11 is 0. The molecule has 84 valence electrons. The first-order valence-electron chi connectivity index (χ1n) is 4.35. The number of nitrogens with zero attached hydrogens (tertiary/aromatic N) is 3. The molecule has 0 saturated heterocycles. The van der Waals surface area contributed by atoms with Crippen molar-refractivity contribution in [3.8, 4) is 0 Å². The van der Waals surface area contributed by atoms with Crippen molar-refractivity contribution in [2.45, 2.75) is 0 Å². The monoisotopic (exact) mass is 216 g/mol. The Kier molecular flexibility index (Phi) is 4.01. The minimum atomic E-state index is -0.593. The lowest BCUT2D eigenvalue weighted by Crippen LogP contribution is -2.29. The smallest absolute Gasteiger partial charge is 0.366 e. The van der Waals surface area contributed by atoms with Crippen molar-refractivity contribution in [3.05, 3.63) is 16.3 Å². The number of rotatable bonds is 6. The molecule has 0 aliphatic heterocycles. The van der Waals surface area contributed by atoms with Crippen LogP contribution in [-0.2, 0) is 0 Å². The third kappa shape index (κ3) is 2.64. The first-order chi connectivity index (χ1) is 7.20. The maximum atomic E-state index is 10.6. The lowest BCUT2D eigenvalue weighted by molar-refractivity contribution is -0.388. The normalized spacial score (nSPS) is 10.3. The number of aromatic amines is 1. The van der Waals surface area contributed by atoms with Gasteiger partial charge in [0, 0.05) is 13.1 Å². The van der Waals surface area contributed by atoms with Crippen LogP contribution in [0.4, 0.5) is 11.5 Å². The van der Waals surface area contributed by atoms with Gasteiger partial charge in [0.1, 0.15) is 6.20 Å². The molecule has 1 aromatic heterocycles. The SMILES string of the molecule is O=[N+]([O-])c1[nH]ncc1N(CCO)CCO. The van der Waals surface area contributed by atoms with Crippen LogP contribution < -0.4 is 4.90 Å². The Hall–Kier alpha value is -1.67. The number of aliphatic hydroxyl groups is 2. The van der Waals surface area contributed by atoms with E-state index in [9.17, 15) is 10.1 Å². The maximum absolute atomic E-state index is 10.6. The minimum Gasteiger partial charge on any atom is -0.395 e. The molecule has 0 fully saturated rings. The second kappa shape index (κ2) is 5.27. The Morgan fingerprint density at radius 1 is 1.47 bits per heavy atom. The van der Waals surface area contributed by atoms with Gasteiger partial charge in [0.2, 0.25) is 0 Å². The highest BCUT2D eigenvalue weighted by Gasteiger charge is 2.20. The van der Waals surface area contributed by atoms with Gasteiger partial charge in [-0.15, -0.1) is 5.10 Å². The molecule has 1 aromatic rings. The number of aromatic nitrogens is 2. The van der Waals surface area contributed by atoms with Crippen LogP contribution in [0.5, 0.6) is 0 Å². The quantitative estimate of drug-likeness (QED) is 0.419. The van der Waals surface area contributed by atoms with Gasteiger partial charge in [-0.1, -0.05) is 5.10 Å². The molecular weight excluding hydrogens is 204 g/mol. The van der Waals surface area contributed by atoms with Crippen LogP contribution in [0.2, 0.25) is 0 Å². The van der Waals surface area contributed by atoms with Crippen molar-refractivity contribution in [1.29, 1.82) is 0 Å². The van der Waals surface area contributed by atoms with Crippen LogP contribution in [0.3, 0.4) is 0 Å². The molecular formula is C7H12N4O4. The molecule has 1 heterocycles. The Morgan fingerprint density at radius 2 is 2.07 bits per heavy atom. The average Bonchev–Trinajstić information content (AvgIpc) is 2.65. The second-order valence-corrected chi connectivity index (χ2v) is 2.80. The fraction of sp³-hybridized carbons (Fsp3) is 0.571. The van der Waals surface area contributed by atoms with Crippen molar-refractivity contribution in [3.63, 3.8) is 0 Å². The summed E-state index contributed by atoms with van der Waals surface area (Å²) in [6, 6.07) is 0. The molecule has 8 nitrogen and oxygen atoms in total. The van der Waals surface area contributed by atoms with E-state index in [1.807, 2.05) is 0 Å². The standard InChI is InChI=1S/C7H12N4O4/c12-3-1-10(2-4-13)6-5-8-9-7(6)11(14)15/h5,12-13H,1-4H2,(H,8,9). The summed E-state index contributed by atoms with van der Waals surface area (Å²) < 4.78 is 0. The second-order valence-electron chi connectivity index (χ2n) is 2.80. The number of H-pyrrole nitrogens is 1. The van der Waals surface area contributed by atoms with E-state index in [-0.39, 0.29) is 37.8 Å². The summed E-state index contributed by atoms with van der Waals surface area (Å²) in [5.74, 6) is -0.239. The van der Waals surface area contributed by atoms with Crippen LogP contribution in [0, 0.1) is 10.1 Å². The summed E-state index contributed by atoms with van der Waals surface area (Å²) in [6.07, 6.45) is 1.30. The molecule has 0 unspecified atom stereocenters. The zero-order chi connectivity index (χ0) is 11.3. The highest BCUT2D eigenvalue weighted by atomic mass is 16.6.